The van der Waals surface area contributed by atoms with Crippen LogP contribution in [-0.4, -0.2) is 46.3 Å². The van der Waals surface area contributed by atoms with Gasteiger partial charge < -0.3 is 19.7 Å². The standard InChI is InChI=1S/C10H16O4.C9H14O4/c1-7(2)13-9(11)5-6-10(12)14-8(3)4;1-3-4-5-7(9(12)13)6(2)8(10)11/h5-8H,1-4H3;3-5H2,1-2H3,(H,10,11)(H,12,13)/b6-5+;7-6+. The molecule has 0 saturated carbocycles. The van der Waals surface area contributed by atoms with E-state index in [2.05, 4.69) is 0 Å². The van der Waals surface area contributed by atoms with Crippen LogP contribution >= 0.6 is 0 Å². The molecule has 0 aliphatic rings. The molecule has 0 saturated heterocycles. The zero-order chi connectivity index (χ0) is 21.6. The van der Waals surface area contributed by atoms with Crippen LogP contribution in [-0.2, 0) is 28.7 Å². The summed E-state index contributed by atoms with van der Waals surface area (Å²) in [7, 11) is 0. The van der Waals surface area contributed by atoms with Crippen LogP contribution in [0, 0.1) is 0 Å². The van der Waals surface area contributed by atoms with Crippen LogP contribution in [0.3, 0.4) is 0 Å². The van der Waals surface area contributed by atoms with Gasteiger partial charge in [-0.15, -0.1) is 0 Å². The Balaban J connectivity index is 0. The molecule has 0 aromatic heterocycles. The minimum atomic E-state index is -1.16. The predicted octanol–water partition coefficient (Wildman–Crippen LogP) is 3.11. The number of hydrogen-bond acceptors (Lipinski definition) is 6. The average molecular weight is 386 g/mol. The second-order valence-corrected chi connectivity index (χ2v) is 6.12. The van der Waals surface area contributed by atoms with Crippen LogP contribution in [0.4, 0.5) is 0 Å². The molecule has 0 atom stereocenters. The van der Waals surface area contributed by atoms with Crippen molar-refractivity contribution in [3.8, 4) is 0 Å². The molecule has 0 unspecified atom stereocenters. The van der Waals surface area contributed by atoms with Gasteiger partial charge in [0.2, 0.25) is 0 Å². The van der Waals surface area contributed by atoms with E-state index in [1.165, 1.54) is 6.92 Å². The molecule has 0 heterocycles. The van der Waals surface area contributed by atoms with Crippen molar-refractivity contribution >= 4 is 23.9 Å². The fourth-order valence-corrected chi connectivity index (χ4v) is 1.62. The Morgan fingerprint density at radius 3 is 1.52 bits per heavy atom. The second kappa shape index (κ2) is 14.5. The van der Waals surface area contributed by atoms with Crippen LogP contribution < -0.4 is 0 Å². The first-order chi connectivity index (χ1) is 12.4. The molecule has 0 spiro atoms. The molecule has 0 fully saturated rings. The highest BCUT2D eigenvalue weighted by molar-refractivity contribution is 5.98. The first-order valence-corrected chi connectivity index (χ1v) is 8.67. The number of aliphatic carboxylic acids is 2. The van der Waals surface area contributed by atoms with Gasteiger partial charge in [0, 0.05) is 23.3 Å². The molecule has 0 aromatic carbocycles. The Kier molecular flexibility index (Phi) is 14.3. The maximum absolute atomic E-state index is 10.9. The van der Waals surface area contributed by atoms with E-state index in [0.717, 1.165) is 18.6 Å². The highest BCUT2D eigenvalue weighted by Crippen LogP contribution is 2.13. The summed E-state index contributed by atoms with van der Waals surface area (Å²) in [5, 5.41) is 17.3. The lowest BCUT2D eigenvalue weighted by atomic mass is 10.0. The molecule has 0 amide bonds. The third-order valence-corrected chi connectivity index (χ3v) is 2.87. The SMILES string of the molecule is CC(C)OC(=O)/C=C/C(=O)OC(C)C.CCCC/C(C(=O)O)=C(/C)C(=O)O. The molecule has 154 valence electrons. The van der Waals surface area contributed by atoms with Crippen molar-refractivity contribution in [1.29, 1.82) is 0 Å². The van der Waals surface area contributed by atoms with E-state index in [1.807, 2.05) is 6.92 Å². The molecular formula is C19H30O8. The fraction of sp³-hybridized carbons (Fsp3) is 0.579. The molecule has 27 heavy (non-hydrogen) atoms. The van der Waals surface area contributed by atoms with Crippen molar-refractivity contribution in [3.05, 3.63) is 23.3 Å². The summed E-state index contributed by atoms with van der Waals surface area (Å²) >= 11 is 0. The summed E-state index contributed by atoms with van der Waals surface area (Å²) in [6.07, 6.45) is 3.62. The van der Waals surface area contributed by atoms with E-state index in [0.29, 0.717) is 12.8 Å². The number of carbonyl (C=O) groups is 4. The van der Waals surface area contributed by atoms with Crippen LogP contribution in [0.1, 0.15) is 60.8 Å². The summed E-state index contributed by atoms with van der Waals surface area (Å²) in [6, 6.07) is 0. The fourth-order valence-electron chi connectivity index (χ4n) is 1.62. The number of carbonyl (C=O) groups excluding carboxylic acids is 2. The van der Waals surface area contributed by atoms with E-state index in [1.54, 1.807) is 27.7 Å². The van der Waals surface area contributed by atoms with Gasteiger partial charge in [0.05, 0.1) is 12.2 Å². The quantitative estimate of drug-likeness (QED) is 0.457. The average Bonchev–Trinajstić information content (AvgIpc) is 2.52. The van der Waals surface area contributed by atoms with Crippen molar-refractivity contribution in [2.45, 2.75) is 73.0 Å². The summed E-state index contributed by atoms with van der Waals surface area (Å²) in [6.45, 7) is 10.2. The smallest absolute Gasteiger partial charge is 0.332 e. The summed E-state index contributed by atoms with van der Waals surface area (Å²) in [4.78, 5) is 43.0. The Hall–Kier alpha value is -2.64. The third-order valence-electron chi connectivity index (χ3n) is 2.87. The lowest BCUT2D eigenvalue weighted by Gasteiger charge is -2.05. The molecule has 0 aliphatic heterocycles. The Morgan fingerprint density at radius 2 is 1.26 bits per heavy atom. The zero-order valence-electron chi connectivity index (χ0n) is 16.8. The molecular weight excluding hydrogens is 356 g/mol. The van der Waals surface area contributed by atoms with E-state index in [9.17, 15) is 19.2 Å². The van der Waals surface area contributed by atoms with E-state index in [4.69, 9.17) is 19.7 Å². The van der Waals surface area contributed by atoms with Crippen molar-refractivity contribution in [2.24, 2.45) is 0 Å². The topological polar surface area (TPSA) is 127 Å². The second-order valence-electron chi connectivity index (χ2n) is 6.12. The number of hydrogen-bond donors (Lipinski definition) is 2. The lowest BCUT2D eigenvalue weighted by Crippen LogP contribution is -2.11. The monoisotopic (exact) mass is 386 g/mol. The molecule has 0 aliphatic carbocycles. The third kappa shape index (κ3) is 15.3. The first-order valence-electron chi connectivity index (χ1n) is 8.67. The lowest BCUT2D eigenvalue weighted by molar-refractivity contribution is -0.144. The van der Waals surface area contributed by atoms with Crippen LogP contribution in [0.15, 0.2) is 23.3 Å². The molecule has 0 rings (SSSR count). The number of rotatable bonds is 9. The summed E-state index contributed by atoms with van der Waals surface area (Å²) in [5.41, 5.74) is -0.0599. The molecule has 8 nitrogen and oxygen atoms in total. The predicted molar refractivity (Wildman–Crippen MR) is 99.1 cm³/mol. The maximum Gasteiger partial charge on any atom is 0.332 e. The Labute approximate surface area is 159 Å². The van der Waals surface area contributed by atoms with E-state index < -0.39 is 23.9 Å². The summed E-state index contributed by atoms with van der Waals surface area (Å²) in [5.74, 6) is -3.37. The van der Waals surface area contributed by atoms with Gasteiger partial charge in [-0.25, -0.2) is 19.2 Å². The normalized spacial score (nSPS) is 11.6. The van der Waals surface area contributed by atoms with Crippen molar-refractivity contribution < 1.29 is 38.9 Å². The number of carboxylic acid groups (broad SMARTS) is 2. The van der Waals surface area contributed by atoms with Gasteiger partial charge in [-0.05, 0) is 47.5 Å². The number of unbranched alkanes of at least 4 members (excludes halogenated alkanes) is 1. The van der Waals surface area contributed by atoms with E-state index in [-0.39, 0.29) is 23.4 Å². The highest BCUT2D eigenvalue weighted by Gasteiger charge is 2.15. The van der Waals surface area contributed by atoms with Crippen molar-refractivity contribution in [3.63, 3.8) is 0 Å². The van der Waals surface area contributed by atoms with Crippen LogP contribution in [0.2, 0.25) is 0 Å². The van der Waals surface area contributed by atoms with Gasteiger partial charge in [0.1, 0.15) is 0 Å². The van der Waals surface area contributed by atoms with Gasteiger partial charge in [-0.2, -0.15) is 0 Å². The first kappa shape index (κ1) is 26.6. The van der Waals surface area contributed by atoms with Gasteiger partial charge in [0.25, 0.3) is 0 Å². The number of ether oxygens (including phenoxy) is 2. The number of esters is 2. The van der Waals surface area contributed by atoms with E-state index >= 15 is 0 Å². The Morgan fingerprint density at radius 1 is 0.852 bits per heavy atom. The van der Waals surface area contributed by atoms with Crippen molar-refractivity contribution in [1.82, 2.24) is 0 Å². The largest absolute Gasteiger partial charge is 0.478 e. The Bertz CT molecular complexity index is 546. The maximum atomic E-state index is 10.9. The summed E-state index contributed by atoms with van der Waals surface area (Å²) < 4.78 is 9.54. The highest BCUT2D eigenvalue weighted by atomic mass is 16.5. The molecule has 0 bridgehead atoms. The zero-order valence-corrected chi connectivity index (χ0v) is 16.8. The molecule has 0 aromatic rings. The molecule has 2 N–H and O–H groups in total. The van der Waals surface area contributed by atoms with Crippen LogP contribution in [0.5, 0.6) is 0 Å². The minimum Gasteiger partial charge on any atom is -0.478 e. The minimum absolute atomic E-state index is 0.00866. The molecule has 8 heteroatoms. The van der Waals surface area contributed by atoms with Crippen LogP contribution in [0.25, 0.3) is 0 Å². The number of carboxylic acids is 2. The van der Waals surface area contributed by atoms with Gasteiger partial charge in [-0.3, -0.25) is 0 Å². The van der Waals surface area contributed by atoms with Gasteiger partial charge >= 0.3 is 23.9 Å². The van der Waals surface area contributed by atoms with Gasteiger partial charge in [-0.1, -0.05) is 13.3 Å². The molecule has 0 radical (unpaired) electrons. The van der Waals surface area contributed by atoms with Crippen molar-refractivity contribution in [2.75, 3.05) is 0 Å². The van der Waals surface area contributed by atoms with Gasteiger partial charge in [0.15, 0.2) is 0 Å².